The number of nitrogens with zero attached hydrogens (tertiary/aromatic N) is 1. The van der Waals surface area contributed by atoms with E-state index in [1.165, 1.54) is 4.90 Å². The maximum absolute atomic E-state index is 12.0. The molecule has 2 saturated carbocycles. The van der Waals surface area contributed by atoms with Gasteiger partial charge in [-0.05, 0) is 37.0 Å². The van der Waals surface area contributed by atoms with Crippen molar-refractivity contribution < 1.29 is 14.3 Å². The molecule has 0 spiro atoms. The van der Waals surface area contributed by atoms with Gasteiger partial charge in [0, 0.05) is 19.8 Å². The third kappa shape index (κ3) is 2.70. The summed E-state index contributed by atoms with van der Waals surface area (Å²) in [7, 11) is 3.32. The molecule has 1 N–H and O–H groups in total. The number of rotatable bonds is 5. The lowest BCUT2D eigenvalue weighted by atomic mass is 10.2. The van der Waals surface area contributed by atoms with Crippen LogP contribution >= 0.6 is 11.6 Å². The lowest BCUT2D eigenvalue weighted by Gasteiger charge is -2.13. The first-order valence-corrected chi connectivity index (χ1v) is 7.24. The van der Waals surface area contributed by atoms with Crippen molar-refractivity contribution in [2.45, 2.75) is 12.8 Å². The zero-order chi connectivity index (χ0) is 15.2. The standard InChI is InChI=1S/C15H17ClN2O3/c1-18(2)13(19)8-21-12-4-3-10(5-11(12)16)17-14(20)15-6-9(15)7-15/h3-5,9H,6-8H2,1-2H3,(H,17,20). The first kappa shape index (κ1) is 14.2. The molecule has 1 aromatic rings. The molecule has 0 heterocycles. The summed E-state index contributed by atoms with van der Waals surface area (Å²) in [6, 6.07) is 5.04. The molecule has 0 atom stereocenters. The largest absolute Gasteiger partial charge is 0.482 e. The van der Waals surface area contributed by atoms with E-state index in [0.29, 0.717) is 22.4 Å². The summed E-state index contributed by atoms with van der Waals surface area (Å²) in [6.07, 6.45) is 2.03. The minimum absolute atomic E-state index is 0.0663. The molecule has 3 rings (SSSR count). The molecular formula is C15H17ClN2O3. The molecule has 5 nitrogen and oxygen atoms in total. The van der Waals surface area contributed by atoms with Crippen LogP contribution in [0.15, 0.2) is 18.2 Å². The third-order valence-corrected chi connectivity index (χ3v) is 4.47. The van der Waals surface area contributed by atoms with Gasteiger partial charge in [0.25, 0.3) is 5.91 Å². The number of carbonyl (C=O) groups is 2. The maximum atomic E-state index is 12.0. The van der Waals surface area contributed by atoms with E-state index in [9.17, 15) is 9.59 Å². The normalized spacial score (nSPS) is 24.8. The second-order valence-electron chi connectivity index (χ2n) is 5.94. The van der Waals surface area contributed by atoms with E-state index >= 15 is 0 Å². The van der Waals surface area contributed by atoms with E-state index in [2.05, 4.69) is 5.32 Å². The van der Waals surface area contributed by atoms with Gasteiger partial charge in [0.05, 0.1) is 10.4 Å². The maximum Gasteiger partial charge on any atom is 0.259 e. The SMILES string of the molecule is CN(C)C(=O)COc1ccc(NC(=O)C23CC2C3)cc1Cl. The predicted molar refractivity (Wildman–Crippen MR) is 79.4 cm³/mol. The Hall–Kier alpha value is -1.75. The van der Waals surface area contributed by atoms with Gasteiger partial charge in [-0.1, -0.05) is 11.6 Å². The molecule has 2 amide bonds. The van der Waals surface area contributed by atoms with Crippen LogP contribution in [0.1, 0.15) is 12.8 Å². The number of halogens is 1. The van der Waals surface area contributed by atoms with E-state index in [-0.39, 0.29) is 23.8 Å². The zero-order valence-corrected chi connectivity index (χ0v) is 12.7. The van der Waals surface area contributed by atoms with Crippen molar-refractivity contribution in [3.8, 4) is 5.75 Å². The van der Waals surface area contributed by atoms with Crippen LogP contribution in [0, 0.1) is 11.3 Å². The first-order valence-electron chi connectivity index (χ1n) is 6.86. The summed E-state index contributed by atoms with van der Waals surface area (Å²) < 4.78 is 5.37. The average molecular weight is 309 g/mol. The molecule has 0 aliphatic heterocycles. The lowest BCUT2D eigenvalue weighted by molar-refractivity contribution is -0.130. The minimum Gasteiger partial charge on any atom is -0.482 e. The Balaban J connectivity index is 1.60. The number of hydrogen-bond donors (Lipinski definition) is 1. The number of hydrogen-bond acceptors (Lipinski definition) is 3. The van der Waals surface area contributed by atoms with Crippen molar-refractivity contribution in [3.63, 3.8) is 0 Å². The zero-order valence-electron chi connectivity index (χ0n) is 12.0. The molecule has 0 saturated heterocycles. The molecule has 0 bridgehead atoms. The van der Waals surface area contributed by atoms with Crippen LogP contribution in [0.5, 0.6) is 5.75 Å². The van der Waals surface area contributed by atoms with Crippen LogP contribution in [0.3, 0.4) is 0 Å². The van der Waals surface area contributed by atoms with Gasteiger partial charge in [-0.3, -0.25) is 9.59 Å². The third-order valence-electron chi connectivity index (χ3n) is 4.17. The number of nitrogens with one attached hydrogen (secondary N) is 1. The first-order chi connectivity index (χ1) is 9.92. The van der Waals surface area contributed by atoms with Gasteiger partial charge in [0.1, 0.15) is 5.75 Å². The molecule has 0 radical (unpaired) electrons. The van der Waals surface area contributed by atoms with Gasteiger partial charge in [-0.25, -0.2) is 0 Å². The van der Waals surface area contributed by atoms with Crippen LogP contribution in [0.2, 0.25) is 5.02 Å². The molecule has 2 aliphatic carbocycles. The van der Waals surface area contributed by atoms with Crippen LogP contribution in [-0.4, -0.2) is 37.4 Å². The topological polar surface area (TPSA) is 58.6 Å². The average Bonchev–Trinajstić information content (AvgIpc) is 3.26. The van der Waals surface area contributed by atoms with Crippen LogP contribution in [0.25, 0.3) is 0 Å². The van der Waals surface area contributed by atoms with Crippen molar-refractivity contribution in [3.05, 3.63) is 23.2 Å². The summed E-state index contributed by atoms with van der Waals surface area (Å²) in [4.78, 5) is 24.9. The van der Waals surface area contributed by atoms with Gasteiger partial charge in [0.2, 0.25) is 5.91 Å². The number of likely N-dealkylation sites (N-methyl/N-ethyl adjacent to an activating group) is 1. The fourth-order valence-electron chi connectivity index (χ4n) is 2.29. The molecular weight excluding hydrogens is 292 g/mol. The van der Waals surface area contributed by atoms with Gasteiger partial charge in [-0.15, -0.1) is 0 Å². The fourth-order valence-corrected chi connectivity index (χ4v) is 2.53. The summed E-state index contributed by atoms with van der Waals surface area (Å²) in [5.41, 5.74) is 0.586. The Bertz CT molecular complexity index is 609. The number of ether oxygens (including phenoxy) is 1. The van der Waals surface area contributed by atoms with E-state index < -0.39 is 0 Å². The number of carbonyl (C=O) groups excluding carboxylic acids is 2. The lowest BCUT2D eigenvalue weighted by Crippen LogP contribution is -2.27. The number of fused-ring (bicyclic) bond motifs is 1. The quantitative estimate of drug-likeness (QED) is 0.907. The molecule has 1 aromatic carbocycles. The smallest absolute Gasteiger partial charge is 0.259 e. The highest BCUT2D eigenvalue weighted by molar-refractivity contribution is 6.32. The Morgan fingerprint density at radius 1 is 1.43 bits per heavy atom. The second kappa shape index (κ2) is 4.91. The van der Waals surface area contributed by atoms with E-state index in [0.717, 1.165) is 12.8 Å². The Morgan fingerprint density at radius 3 is 2.62 bits per heavy atom. The second-order valence-corrected chi connectivity index (χ2v) is 6.34. The van der Waals surface area contributed by atoms with E-state index in [1.54, 1.807) is 32.3 Å². The van der Waals surface area contributed by atoms with Crippen LogP contribution in [-0.2, 0) is 9.59 Å². The monoisotopic (exact) mass is 308 g/mol. The van der Waals surface area contributed by atoms with Crippen molar-refractivity contribution in [1.82, 2.24) is 4.90 Å². The highest BCUT2D eigenvalue weighted by atomic mass is 35.5. The van der Waals surface area contributed by atoms with E-state index in [4.69, 9.17) is 16.3 Å². The van der Waals surface area contributed by atoms with Gasteiger partial charge < -0.3 is 15.0 Å². The number of amides is 2. The highest BCUT2D eigenvalue weighted by Gasteiger charge is 2.74. The molecule has 2 fully saturated rings. The van der Waals surface area contributed by atoms with Crippen molar-refractivity contribution in [2.75, 3.05) is 26.0 Å². The van der Waals surface area contributed by atoms with Crippen molar-refractivity contribution in [2.24, 2.45) is 11.3 Å². The van der Waals surface area contributed by atoms with Gasteiger partial charge in [-0.2, -0.15) is 0 Å². The Morgan fingerprint density at radius 2 is 2.10 bits per heavy atom. The fraction of sp³-hybridized carbons (Fsp3) is 0.467. The Kier molecular flexibility index (Phi) is 3.32. The minimum atomic E-state index is -0.143. The molecule has 0 aromatic heterocycles. The number of benzene rings is 1. The van der Waals surface area contributed by atoms with Crippen LogP contribution < -0.4 is 10.1 Å². The Labute approximate surface area is 128 Å². The van der Waals surface area contributed by atoms with Crippen LogP contribution in [0.4, 0.5) is 5.69 Å². The number of anilines is 1. The van der Waals surface area contributed by atoms with Crippen molar-refractivity contribution in [1.29, 1.82) is 0 Å². The molecule has 21 heavy (non-hydrogen) atoms. The van der Waals surface area contributed by atoms with Gasteiger partial charge >= 0.3 is 0 Å². The van der Waals surface area contributed by atoms with Crippen molar-refractivity contribution >= 4 is 29.1 Å². The highest BCUT2D eigenvalue weighted by Crippen LogP contribution is 2.75. The summed E-state index contributed by atoms with van der Waals surface area (Å²) in [5.74, 6) is 0.974. The molecule has 112 valence electrons. The molecule has 2 aliphatic rings. The molecule has 0 unspecified atom stereocenters. The molecule has 6 heteroatoms. The summed E-state index contributed by atoms with van der Waals surface area (Å²) in [6.45, 7) is -0.0663. The predicted octanol–water partition coefficient (Wildman–Crippen LogP) is 2.16. The summed E-state index contributed by atoms with van der Waals surface area (Å²) >= 11 is 6.11. The summed E-state index contributed by atoms with van der Waals surface area (Å²) in [5, 5.41) is 3.26. The van der Waals surface area contributed by atoms with E-state index in [1.807, 2.05) is 0 Å². The van der Waals surface area contributed by atoms with Gasteiger partial charge in [0.15, 0.2) is 6.61 Å².